The fourth-order valence-corrected chi connectivity index (χ4v) is 2.29. The van der Waals surface area contributed by atoms with Crippen molar-refractivity contribution in [3.8, 4) is 11.3 Å². The first-order valence-corrected chi connectivity index (χ1v) is 6.26. The molecule has 96 valence electrons. The average molecular weight is 254 g/mol. The van der Waals surface area contributed by atoms with E-state index >= 15 is 0 Å². The van der Waals surface area contributed by atoms with E-state index in [9.17, 15) is 4.79 Å². The first-order valence-electron chi connectivity index (χ1n) is 6.26. The van der Waals surface area contributed by atoms with Crippen LogP contribution in [-0.2, 0) is 13.5 Å². The Morgan fingerprint density at radius 3 is 2.68 bits per heavy atom. The predicted octanol–water partition coefficient (Wildman–Crippen LogP) is 2.76. The van der Waals surface area contributed by atoms with Gasteiger partial charge in [0.25, 0.3) is 5.56 Å². The van der Waals surface area contributed by atoms with E-state index in [2.05, 4.69) is 5.16 Å². The van der Waals surface area contributed by atoms with Crippen molar-refractivity contribution in [1.82, 2.24) is 9.72 Å². The molecule has 0 spiro atoms. The molecule has 0 bridgehead atoms. The molecule has 0 atom stereocenters. The molecule has 3 rings (SSSR count). The van der Waals surface area contributed by atoms with Gasteiger partial charge in [0.05, 0.1) is 11.4 Å². The van der Waals surface area contributed by atoms with Crippen LogP contribution in [0.2, 0.25) is 0 Å². The van der Waals surface area contributed by atoms with Crippen LogP contribution in [0.3, 0.4) is 0 Å². The van der Waals surface area contributed by atoms with Crippen LogP contribution in [0.4, 0.5) is 0 Å². The third kappa shape index (κ3) is 1.76. The molecule has 0 aliphatic heterocycles. The number of benzene rings is 1. The van der Waals surface area contributed by atoms with Crippen molar-refractivity contribution in [2.75, 3.05) is 0 Å². The zero-order valence-electron chi connectivity index (χ0n) is 10.9. The van der Waals surface area contributed by atoms with Gasteiger partial charge in [0.15, 0.2) is 5.58 Å². The van der Waals surface area contributed by atoms with Crippen LogP contribution in [0.5, 0.6) is 0 Å². The molecular weight excluding hydrogens is 240 g/mol. The summed E-state index contributed by atoms with van der Waals surface area (Å²) in [5.41, 5.74) is 3.03. The first-order chi connectivity index (χ1) is 9.22. The molecule has 0 radical (unpaired) electrons. The van der Waals surface area contributed by atoms with E-state index in [-0.39, 0.29) is 5.56 Å². The minimum absolute atomic E-state index is 0.0607. The lowest BCUT2D eigenvalue weighted by Crippen LogP contribution is -2.18. The van der Waals surface area contributed by atoms with Crippen molar-refractivity contribution in [2.24, 2.45) is 7.05 Å². The van der Waals surface area contributed by atoms with E-state index < -0.39 is 0 Å². The summed E-state index contributed by atoms with van der Waals surface area (Å²) in [6, 6.07) is 11.7. The molecule has 0 amide bonds. The van der Waals surface area contributed by atoms with Crippen molar-refractivity contribution < 1.29 is 4.52 Å². The number of rotatable bonds is 2. The Bertz CT molecular complexity index is 785. The summed E-state index contributed by atoms with van der Waals surface area (Å²) in [5, 5.41) is 4.55. The Kier molecular flexibility index (Phi) is 2.71. The second-order valence-corrected chi connectivity index (χ2v) is 4.48. The molecule has 3 aromatic rings. The summed E-state index contributed by atoms with van der Waals surface area (Å²) in [6.07, 6.45) is 0.687. The van der Waals surface area contributed by atoms with Crippen LogP contribution in [0.1, 0.15) is 12.6 Å². The second kappa shape index (κ2) is 4.39. The van der Waals surface area contributed by atoms with Gasteiger partial charge in [-0.3, -0.25) is 4.79 Å². The summed E-state index contributed by atoms with van der Waals surface area (Å²) >= 11 is 0. The third-order valence-corrected chi connectivity index (χ3v) is 3.34. The summed E-state index contributed by atoms with van der Waals surface area (Å²) < 4.78 is 6.92. The highest BCUT2D eigenvalue weighted by Gasteiger charge is 2.15. The summed E-state index contributed by atoms with van der Waals surface area (Å²) in [4.78, 5) is 12.4. The molecule has 4 nitrogen and oxygen atoms in total. The van der Waals surface area contributed by atoms with Crippen LogP contribution in [0, 0.1) is 0 Å². The maximum atomic E-state index is 12.4. The van der Waals surface area contributed by atoms with Gasteiger partial charge in [0, 0.05) is 13.1 Å². The Morgan fingerprint density at radius 1 is 1.26 bits per heavy atom. The van der Waals surface area contributed by atoms with Gasteiger partial charge in [-0.15, -0.1) is 0 Å². The van der Waals surface area contributed by atoms with Crippen molar-refractivity contribution >= 4 is 11.0 Å². The minimum atomic E-state index is -0.0607. The zero-order valence-corrected chi connectivity index (χ0v) is 10.9. The van der Waals surface area contributed by atoms with Gasteiger partial charge >= 0.3 is 0 Å². The quantitative estimate of drug-likeness (QED) is 0.706. The van der Waals surface area contributed by atoms with Crippen LogP contribution in [-0.4, -0.2) is 9.72 Å². The number of pyridine rings is 1. The molecule has 0 fully saturated rings. The van der Waals surface area contributed by atoms with E-state index in [0.29, 0.717) is 17.4 Å². The smallest absolute Gasteiger partial charge is 0.263 e. The summed E-state index contributed by atoms with van der Waals surface area (Å²) in [5.74, 6) is 0. The lowest BCUT2D eigenvalue weighted by molar-refractivity contribution is 0.447. The van der Waals surface area contributed by atoms with E-state index in [1.165, 1.54) is 0 Å². The fourth-order valence-electron chi connectivity index (χ4n) is 2.29. The third-order valence-electron chi connectivity index (χ3n) is 3.34. The molecule has 4 heteroatoms. The van der Waals surface area contributed by atoms with Crippen molar-refractivity contribution in [2.45, 2.75) is 13.3 Å². The van der Waals surface area contributed by atoms with Gasteiger partial charge < -0.3 is 9.09 Å². The Hall–Kier alpha value is -2.36. The van der Waals surface area contributed by atoms with Crippen LogP contribution >= 0.6 is 0 Å². The van der Waals surface area contributed by atoms with Gasteiger partial charge in [-0.05, 0) is 12.0 Å². The van der Waals surface area contributed by atoms with Crippen LogP contribution < -0.4 is 5.56 Å². The number of nitrogens with zero attached hydrogens (tertiary/aromatic N) is 2. The first kappa shape index (κ1) is 11.7. The van der Waals surface area contributed by atoms with Gasteiger partial charge in [-0.2, -0.15) is 0 Å². The number of hydrogen-bond donors (Lipinski definition) is 0. The van der Waals surface area contributed by atoms with E-state index in [1.807, 2.05) is 43.3 Å². The average Bonchev–Trinajstić information content (AvgIpc) is 2.87. The van der Waals surface area contributed by atoms with Crippen molar-refractivity contribution in [3.63, 3.8) is 0 Å². The number of fused-ring (bicyclic) bond motifs is 1. The molecule has 0 aliphatic carbocycles. The van der Waals surface area contributed by atoms with Gasteiger partial charge in [0.1, 0.15) is 5.39 Å². The highest BCUT2D eigenvalue weighted by atomic mass is 16.5. The second-order valence-electron chi connectivity index (χ2n) is 4.48. The van der Waals surface area contributed by atoms with E-state index in [0.717, 1.165) is 17.0 Å². The summed E-state index contributed by atoms with van der Waals surface area (Å²) in [6.45, 7) is 1.96. The molecule has 0 N–H and O–H groups in total. The van der Waals surface area contributed by atoms with E-state index in [1.54, 1.807) is 11.6 Å². The lowest BCUT2D eigenvalue weighted by Gasteiger charge is -2.07. The highest BCUT2D eigenvalue weighted by molar-refractivity contribution is 5.82. The molecule has 0 unspecified atom stereocenters. The number of aromatic nitrogens is 2. The SMILES string of the molecule is CCc1noc2cc(-c3ccccc3)n(C)c(=O)c12. The minimum Gasteiger partial charge on any atom is -0.356 e. The lowest BCUT2D eigenvalue weighted by atomic mass is 10.1. The van der Waals surface area contributed by atoms with Gasteiger partial charge in [-0.1, -0.05) is 42.4 Å². The molecular formula is C15H14N2O2. The van der Waals surface area contributed by atoms with Crippen molar-refractivity contribution in [3.05, 3.63) is 52.4 Å². The Morgan fingerprint density at radius 2 is 2.00 bits per heavy atom. The summed E-state index contributed by atoms with van der Waals surface area (Å²) in [7, 11) is 1.77. The standard InChI is InChI=1S/C15H14N2O2/c1-3-11-14-13(19-16-11)9-12(17(2)15(14)18)10-7-5-4-6-8-10/h4-9H,3H2,1-2H3. The predicted molar refractivity (Wildman–Crippen MR) is 74.1 cm³/mol. The normalized spacial score (nSPS) is 11.1. The maximum absolute atomic E-state index is 12.4. The topological polar surface area (TPSA) is 48.0 Å². The monoisotopic (exact) mass is 254 g/mol. The Balaban J connectivity index is 2.35. The molecule has 0 aliphatic rings. The molecule has 19 heavy (non-hydrogen) atoms. The van der Waals surface area contributed by atoms with E-state index in [4.69, 9.17) is 4.52 Å². The molecule has 2 heterocycles. The van der Waals surface area contributed by atoms with Gasteiger partial charge in [-0.25, -0.2) is 0 Å². The molecule has 0 saturated heterocycles. The number of aryl methyl sites for hydroxylation is 1. The highest BCUT2D eigenvalue weighted by Crippen LogP contribution is 2.23. The largest absolute Gasteiger partial charge is 0.356 e. The van der Waals surface area contributed by atoms with Crippen LogP contribution in [0.15, 0.2) is 45.7 Å². The van der Waals surface area contributed by atoms with Gasteiger partial charge in [0.2, 0.25) is 0 Å². The van der Waals surface area contributed by atoms with Crippen LogP contribution in [0.25, 0.3) is 22.2 Å². The molecule has 0 saturated carbocycles. The number of hydrogen-bond acceptors (Lipinski definition) is 3. The maximum Gasteiger partial charge on any atom is 0.263 e. The Labute approximate surface area is 110 Å². The molecule has 2 aromatic heterocycles. The molecule has 1 aromatic carbocycles. The zero-order chi connectivity index (χ0) is 13.4. The van der Waals surface area contributed by atoms with Crippen molar-refractivity contribution in [1.29, 1.82) is 0 Å². The fraction of sp³-hybridized carbons (Fsp3) is 0.200.